The maximum Gasteiger partial charge on any atom is 0.307 e. The summed E-state index contributed by atoms with van der Waals surface area (Å²) in [4.78, 5) is 22.9. The summed E-state index contributed by atoms with van der Waals surface area (Å²) in [6.07, 6.45) is 4.75. The SMILES string of the molecule is C=CC(C)NC(=O)C1CCCCC1C(=O)O. The second-order valence-electron chi connectivity index (χ2n) is 4.37. The third-order valence-corrected chi connectivity index (χ3v) is 3.14. The van der Waals surface area contributed by atoms with Crippen LogP contribution in [0.3, 0.4) is 0 Å². The number of rotatable bonds is 4. The molecule has 0 saturated heterocycles. The average Bonchev–Trinajstić information content (AvgIpc) is 2.28. The van der Waals surface area contributed by atoms with Gasteiger partial charge in [-0.05, 0) is 19.8 Å². The van der Waals surface area contributed by atoms with Gasteiger partial charge in [-0.1, -0.05) is 18.9 Å². The molecule has 4 nitrogen and oxygen atoms in total. The van der Waals surface area contributed by atoms with Gasteiger partial charge in [-0.3, -0.25) is 9.59 Å². The first kappa shape index (κ1) is 12.7. The fraction of sp³-hybridized carbons (Fsp3) is 0.667. The smallest absolute Gasteiger partial charge is 0.307 e. The van der Waals surface area contributed by atoms with Crippen molar-refractivity contribution in [1.29, 1.82) is 0 Å². The lowest BCUT2D eigenvalue weighted by atomic mass is 9.78. The first-order valence-corrected chi connectivity index (χ1v) is 5.72. The van der Waals surface area contributed by atoms with Crippen molar-refractivity contribution < 1.29 is 14.7 Å². The van der Waals surface area contributed by atoms with Gasteiger partial charge in [-0.2, -0.15) is 0 Å². The molecule has 1 aliphatic carbocycles. The van der Waals surface area contributed by atoms with Crippen molar-refractivity contribution >= 4 is 11.9 Å². The van der Waals surface area contributed by atoms with E-state index < -0.39 is 11.9 Å². The third-order valence-electron chi connectivity index (χ3n) is 3.14. The zero-order valence-corrected chi connectivity index (χ0v) is 9.61. The lowest BCUT2D eigenvalue weighted by Crippen LogP contribution is -2.42. The molecule has 2 N–H and O–H groups in total. The Kier molecular flexibility index (Phi) is 4.52. The molecule has 0 heterocycles. The van der Waals surface area contributed by atoms with Gasteiger partial charge < -0.3 is 10.4 Å². The minimum Gasteiger partial charge on any atom is -0.481 e. The molecule has 0 radical (unpaired) electrons. The minimum atomic E-state index is -0.855. The number of hydrogen-bond acceptors (Lipinski definition) is 2. The third kappa shape index (κ3) is 3.08. The highest BCUT2D eigenvalue weighted by atomic mass is 16.4. The van der Waals surface area contributed by atoms with E-state index in [0.29, 0.717) is 12.8 Å². The van der Waals surface area contributed by atoms with E-state index in [0.717, 1.165) is 12.8 Å². The number of carbonyl (C=O) groups excluding carboxylic acids is 1. The fourth-order valence-electron chi connectivity index (χ4n) is 2.13. The standard InChI is InChI=1S/C12H19NO3/c1-3-8(2)13-11(14)9-6-4-5-7-10(9)12(15)16/h3,8-10H,1,4-7H2,2H3,(H,13,14)(H,15,16). The molecule has 1 aliphatic rings. The Labute approximate surface area is 95.7 Å². The monoisotopic (exact) mass is 225 g/mol. The molecule has 1 rings (SSSR count). The van der Waals surface area contributed by atoms with Crippen molar-refractivity contribution in [1.82, 2.24) is 5.32 Å². The van der Waals surface area contributed by atoms with Gasteiger partial charge in [0, 0.05) is 6.04 Å². The minimum absolute atomic E-state index is 0.108. The molecule has 90 valence electrons. The van der Waals surface area contributed by atoms with Crippen molar-refractivity contribution in [2.75, 3.05) is 0 Å². The summed E-state index contributed by atoms with van der Waals surface area (Å²) >= 11 is 0. The molecule has 4 heteroatoms. The predicted molar refractivity (Wildman–Crippen MR) is 60.9 cm³/mol. The van der Waals surface area contributed by atoms with Crippen molar-refractivity contribution in [3.05, 3.63) is 12.7 Å². The Balaban J connectivity index is 2.64. The molecule has 0 aromatic heterocycles. The van der Waals surface area contributed by atoms with Gasteiger partial charge in [0.15, 0.2) is 0 Å². The molecule has 0 aromatic carbocycles. The number of carboxylic acids is 1. The number of nitrogens with one attached hydrogen (secondary N) is 1. The van der Waals surface area contributed by atoms with Crippen LogP contribution in [0.1, 0.15) is 32.6 Å². The van der Waals surface area contributed by atoms with E-state index in [1.807, 2.05) is 6.92 Å². The summed E-state index contributed by atoms with van der Waals surface area (Å²) in [6, 6.07) is -0.108. The van der Waals surface area contributed by atoms with Crippen LogP contribution in [0.15, 0.2) is 12.7 Å². The van der Waals surface area contributed by atoms with E-state index in [1.165, 1.54) is 0 Å². The summed E-state index contributed by atoms with van der Waals surface area (Å²) in [5, 5.41) is 11.8. The molecule has 0 bridgehead atoms. The molecule has 1 saturated carbocycles. The topological polar surface area (TPSA) is 66.4 Å². The van der Waals surface area contributed by atoms with Crippen LogP contribution in [0.25, 0.3) is 0 Å². The Morgan fingerprint density at radius 2 is 1.94 bits per heavy atom. The zero-order chi connectivity index (χ0) is 12.1. The highest BCUT2D eigenvalue weighted by Gasteiger charge is 2.35. The van der Waals surface area contributed by atoms with E-state index in [2.05, 4.69) is 11.9 Å². The van der Waals surface area contributed by atoms with Crippen molar-refractivity contribution in [3.8, 4) is 0 Å². The number of carbonyl (C=O) groups is 2. The summed E-state index contributed by atoms with van der Waals surface area (Å²) in [5.74, 6) is -1.91. The van der Waals surface area contributed by atoms with Crippen LogP contribution in [0.5, 0.6) is 0 Å². The van der Waals surface area contributed by atoms with E-state index in [4.69, 9.17) is 5.11 Å². The summed E-state index contributed by atoms with van der Waals surface area (Å²) in [7, 11) is 0. The predicted octanol–water partition coefficient (Wildman–Crippen LogP) is 1.57. The molecule has 16 heavy (non-hydrogen) atoms. The first-order chi connectivity index (χ1) is 7.56. The van der Waals surface area contributed by atoms with Crippen molar-refractivity contribution in [3.63, 3.8) is 0 Å². The molecule has 0 spiro atoms. The van der Waals surface area contributed by atoms with Crippen molar-refractivity contribution in [2.24, 2.45) is 11.8 Å². The highest BCUT2D eigenvalue weighted by Crippen LogP contribution is 2.30. The molecule has 0 aromatic rings. The van der Waals surface area contributed by atoms with E-state index >= 15 is 0 Å². The van der Waals surface area contributed by atoms with Crippen LogP contribution >= 0.6 is 0 Å². The number of aliphatic carboxylic acids is 1. The largest absolute Gasteiger partial charge is 0.481 e. The number of hydrogen-bond donors (Lipinski definition) is 2. The van der Waals surface area contributed by atoms with Gasteiger partial charge in [0.2, 0.25) is 5.91 Å². The maximum absolute atomic E-state index is 11.9. The Bertz CT molecular complexity index is 288. The van der Waals surface area contributed by atoms with Gasteiger partial charge in [0.1, 0.15) is 0 Å². The molecular weight excluding hydrogens is 206 g/mol. The molecule has 3 unspecified atom stereocenters. The van der Waals surface area contributed by atoms with Gasteiger partial charge >= 0.3 is 5.97 Å². The van der Waals surface area contributed by atoms with Crippen LogP contribution in [-0.4, -0.2) is 23.0 Å². The normalized spacial score (nSPS) is 26.8. The Morgan fingerprint density at radius 1 is 1.38 bits per heavy atom. The van der Waals surface area contributed by atoms with E-state index in [-0.39, 0.29) is 17.9 Å². The van der Waals surface area contributed by atoms with Crippen LogP contribution in [0.2, 0.25) is 0 Å². The van der Waals surface area contributed by atoms with Crippen LogP contribution in [0.4, 0.5) is 0 Å². The fourth-order valence-corrected chi connectivity index (χ4v) is 2.13. The number of amides is 1. The summed E-state index contributed by atoms with van der Waals surface area (Å²) in [6.45, 7) is 5.40. The van der Waals surface area contributed by atoms with Crippen molar-refractivity contribution in [2.45, 2.75) is 38.6 Å². The lowest BCUT2D eigenvalue weighted by Gasteiger charge is -2.28. The highest BCUT2D eigenvalue weighted by molar-refractivity contribution is 5.85. The maximum atomic E-state index is 11.9. The second-order valence-corrected chi connectivity index (χ2v) is 4.37. The molecule has 0 aliphatic heterocycles. The Morgan fingerprint density at radius 3 is 2.44 bits per heavy atom. The van der Waals surface area contributed by atoms with Crippen LogP contribution < -0.4 is 5.32 Å². The van der Waals surface area contributed by atoms with Gasteiger partial charge in [-0.25, -0.2) is 0 Å². The van der Waals surface area contributed by atoms with E-state index in [1.54, 1.807) is 6.08 Å². The zero-order valence-electron chi connectivity index (χ0n) is 9.61. The van der Waals surface area contributed by atoms with E-state index in [9.17, 15) is 9.59 Å². The lowest BCUT2D eigenvalue weighted by molar-refractivity contribution is -0.149. The first-order valence-electron chi connectivity index (χ1n) is 5.72. The summed E-state index contributed by atoms with van der Waals surface area (Å²) < 4.78 is 0. The average molecular weight is 225 g/mol. The molecule has 3 atom stereocenters. The Hall–Kier alpha value is -1.32. The number of carboxylic acid groups (broad SMARTS) is 1. The van der Waals surface area contributed by atoms with Crippen LogP contribution in [-0.2, 0) is 9.59 Å². The van der Waals surface area contributed by atoms with Crippen LogP contribution in [0, 0.1) is 11.8 Å². The molecular formula is C12H19NO3. The summed E-state index contributed by atoms with van der Waals surface area (Å²) in [5.41, 5.74) is 0. The van der Waals surface area contributed by atoms with Gasteiger partial charge in [0.05, 0.1) is 11.8 Å². The molecule has 1 amide bonds. The second kappa shape index (κ2) is 5.68. The van der Waals surface area contributed by atoms with Gasteiger partial charge in [-0.15, -0.1) is 6.58 Å². The molecule has 1 fully saturated rings. The van der Waals surface area contributed by atoms with Gasteiger partial charge in [0.25, 0.3) is 0 Å². The quantitative estimate of drug-likeness (QED) is 0.714.